The minimum atomic E-state index is -0.532. The number of rotatable bonds is 9. The van der Waals surface area contributed by atoms with Gasteiger partial charge in [0.15, 0.2) is 11.5 Å². The molecule has 20 heavy (non-hydrogen) atoms. The van der Waals surface area contributed by atoms with Crippen LogP contribution in [0.25, 0.3) is 0 Å². The van der Waals surface area contributed by atoms with Gasteiger partial charge in [0, 0.05) is 20.2 Å². The normalized spacial score (nSPS) is 13.8. The maximum Gasteiger partial charge on any atom is 0.161 e. The first-order valence-electron chi connectivity index (χ1n) is 6.79. The van der Waals surface area contributed by atoms with Gasteiger partial charge in [-0.2, -0.15) is 0 Å². The molecular formula is C15H25NO4. The third kappa shape index (κ3) is 5.36. The van der Waals surface area contributed by atoms with Crippen LogP contribution in [0.1, 0.15) is 19.4 Å². The summed E-state index contributed by atoms with van der Waals surface area (Å²) in [5.74, 6) is 1.31. The molecule has 0 spiro atoms. The van der Waals surface area contributed by atoms with Crippen LogP contribution in [0.3, 0.4) is 0 Å². The summed E-state index contributed by atoms with van der Waals surface area (Å²) >= 11 is 0. The predicted octanol–water partition coefficient (Wildman–Crippen LogP) is 1.58. The summed E-state index contributed by atoms with van der Waals surface area (Å²) in [6.07, 6.45) is -0.815. The maximum atomic E-state index is 9.48. The molecule has 0 fully saturated rings. The van der Waals surface area contributed by atoms with E-state index in [0.717, 1.165) is 18.7 Å². The van der Waals surface area contributed by atoms with Crippen molar-refractivity contribution in [1.82, 2.24) is 5.32 Å². The number of aliphatic hydroxyl groups is 1. The topological polar surface area (TPSA) is 60.0 Å². The Bertz CT molecular complexity index is 395. The molecule has 2 atom stereocenters. The Balaban J connectivity index is 2.65. The Labute approximate surface area is 120 Å². The lowest BCUT2D eigenvalue weighted by molar-refractivity contribution is 0.0586. The van der Waals surface area contributed by atoms with E-state index in [1.807, 2.05) is 25.1 Å². The van der Waals surface area contributed by atoms with Gasteiger partial charge in [-0.25, -0.2) is 0 Å². The molecule has 0 saturated heterocycles. The van der Waals surface area contributed by atoms with Gasteiger partial charge in [0.2, 0.25) is 0 Å². The summed E-state index contributed by atoms with van der Waals surface area (Å²) in [7, 11) is 3.29. The Hall–Kier alpha value is -1.30. The lowest BCUT2D eigenvalue weighted by Crippen LogP contribution is -2.25. The Morgan fingerprint density at radius 2 is 1.95 bits per heavy atom. The van der Waals surface area contributed by atoms with Gasteiger partial charge in [-0.3, -0.25) is 0 Å². The summed E-state index contributed by atoms with van der Waals surface area (Å²) in [5.41, 5.74) is 1.11. The van der Waals surface area contributed by atoms with Crippen molar-refractivity contribution in [3.05, 3.63) is 23.8 Å². The fourth-order valence-corrected chi connectivity index (χ4v) is 1.63. The van der Waals surface area contributed by atoms with Gasteiger partial charge >= 0.3 is 0 Å². The first-order valence-corrected chi connectivity index (χ1v) is 6.79. The number of benzene rings is 1. The summed E-state index contributed by atoms with van der Waals surface area (Å²) in [4.78, 5) is 0. The molecule has 0 bridgehead atoms. The highest BCUT2D eigenvalue weighted by Crippen LogP contribution is 2.29. The van der Waals surface area contributed by atoms with E-state index in [-0.39, 0.29) is 6.10 Å². The zero-order valence-electron chi connectivity index (χ0n) is 12.7. The Kier molecular flexibility index (Phi) is 7.36. The molecule has 1 aromatic rings. The first kappa shape index (κ1) is 16.8. The quantitative estimate of drug-likeness (QED) is 0.674. The predicted molar refractivity (Wildman–Crippen MR) is 78.3 cm³/mol. The molecule has 1 aromatic carbocycles. The lowest BCUT2D eigenvalue weighted by Gasteiger charge is -2.19. The number of nitrogens with one attached hydrogen (secondary N) is 1. The molecule has 0 aliphatic carbocycles. The molecule has 5 heteroatoms. The van der Waals surface area contributed by atoms with E-state index in [9.17, 15) is 5.11 Å². The third-order valence-electron chi connectivity index (χ3n) is 3.03. The molecule has 0 aliphatic heterocycles. The van der Waals surface area contributed by atoms with Crippen LogP contribution in [-0.2, 0) is 11.3 Å². The van der Waals surface area contributed by atoms with Gasteiger partial charge in [-0.05, 0) is 31.5 Å². The van der Waals surface area contributed by atoms with Crippen molar-refractivity contribution in [2.75, 3.05) is 27.4 Å². The molecular weight excluding hydrogens is 258 g/mol. The minimum absolute atomic E-state index is 0.283. The van der Waals surface area contributed by atoms with Crippen molar-refractivity contribution in [3.8, 4) is 11.5 Å². The molecule has 0 radical (unpaired) electrons. The Morgan fingerprint density at radius 1 is 1.20 bits per heavy atom. The van der Waals surface area contributed by atoms with Crippen molar-refractivity contribution in [3.63, 3.8) is 0 Å². The van der Waals surface area contributed by atoms with E-state index in [1.54, 1.807) is 21.1 Å². The summed E-state index contributed by atoms with van der Waals surface area (Å²) in [6, 6.07) is 5.78. The third-order valence-corrected chi connectivity index (χ3v) is 3.03. The van der Waals surface area contributed by atoms with Crippen molar-refractivity contribution in [2.24, 2.45) is 0 Å². The molecule has 2 unspecified atom stereocenters. The van der Waals surface area contributed by atoms with Crippen molar-refractivity contribution in [1.29, 1.82) is 0 Å². The SMILES string of the molecule is COCCNCc1ccc(OC(C)C(C)O)c(OC)c1. The van der Waals surface area contributed by atoms with Gasteiger partial charge in [-0.15, -0.1) is 0 Å². The zero-order valence-corrected chi connectivity index (χ0v) is 12.7. The second-order valence-electron chi connectivity index (χ2n) is 4.72. The lowest BCUT2D eigenvalue weighted by atomic mass is 10.2. The molecule has 5 nitrogen and oxygen atoms in total. The summed E-state index contributed by atoms with van der Waals surface area (Å²) < 4.78 is 16.0. The average Bonchev–Trinajstić information content (AvgIpc) is 2.44. The monoisotopic (exact) mass is 283 g/mol. The van der Waals surface area contributed by atoms with Gasteiger partial charge in [0.25, 0.3) is 0 Å². The fraction of sp³-hybridized carbons (Fsp3) is 0.600. The van der Waals surface area contributed by atoms with Gasteiger partial charge in [-0.1, -0.05) is 6.07 Å². The zero-order chi connectivity index (χ0) is 15.0. The van der Waals surface area contributed by atoms with Gasteiger partial charge < -0.3 is 24.6 Å². The van der Waals surface area contributed by atoms with E-state index in [1.165, 1.54) is 0 Å². The largest absolute Gasteiger partial charge is 0.493 e. The van der Waals surface area contributed by atoms with Crippen molar-refractivity contribution in [2.45, 2.75) is 32.6 Å². The maximum absolute atomic E-state index is 9.48. The molecule has 0 saturated carbocycles. The van der Waals surface area contributed by atoms with Gasteiger partial charge in [0.05, 0.1) is 19.8 Å². The highest BCUT2D eigenvalue weighted by Gasteiger charge is 2.13. The van der Waals surface area contributed by atoms with Crippen molar-refractivity contribution < 1.29 is 19.3 Å². The summed E-state index contributed by atoms with van der Waals surface area (Å²) in [5, 5.41) is 12.8. The molecule has 0 heterocycles. The van der Waals surface area contributed by atoms with E-state index in [2.05, 4.69) is 5.32 Å². The van der Waals surface area contributed by atoms with E-state index < -0.39 is 6.10 Å². The van der Waals surface area contributed by atoms with E-state index >= 15 is 0 Å². The van der Waals surface area contributed by atoms with Gasteiger partial charge in [0.1, 0.15) is 6.10 Å². The molecule has 0 aliphatic rings. The van der Waals surface area contributed by atoms with Crippen LogP contribution in [0.2, 0.25) is 0 Å². The minimum Gasteiger partial charge on any atom is -0.493 e. The second-order valence-corrected chi connectivity index (χ2v) is 4.72. The Morgan fingerprint density at radius 3 is 2.55 bits per heavy atom. The van der Waals surface area contributed by atoms with Crippen LogP contribution in [0.4, 0.5) is 0 Å². The average molecular weight is 283 g/mol. The number of methoxy groups -OCH3 is 2. The molecule has 2 N–H and O–H groups in total. The number of hydrogen-bond acceptors (Lipinski definition) is 5. The standard InChI is InChI=1S/C15H25NO4/c1-11(17)12(2)20-14-6-5-13(9-15(14)19-4)10-16-7-8-18-3/h5-6,9,11-12,16-17H,7-8,10H2,1-4H3. The van der Waals surface area contributed by atoms with Crippen molar-refractivity contribution >= 4 is 0 Å². The smallest absolute Gasteiger partial charge is 0.161 e. The van der Waals surface area contributed by atoms with Crippen LogP contribution in [-0.4, -0.2) is 44.7 Å². The van der Waals surface area contributed by atoms with Crippen LogP contribution in [0.15, 0.2) is 18.2 Å². The van der Waals surface area contributed by atoms with E-state index in [4.69, 9.17) is 14.2 Å². The molecule has 0 amide bonds. The second kappa shape index (κ2) is 8.79. The number of hydrogen-bond donors (Lipinski definition) is 2. The number of aliphatic hydroxyl groups excluding tert-OH is 1. The van der Waals surface area contributed by atoms with Crippen LogP contribution in [0, 0.1) is 0 Å². The van der Waals surface area contributed by atoms with E-state index in [0.29, 0.717) is 18.1 Å². The molecule has 114 valence electrons. The van der Waals surface area contributed by atoms with Crippen LogP contribution in [0.5, 0.6) is 11.5 Å². The molecule has 1 rings (SSSR count). The molecule has 0 aromatic heterocycles. The van der Waals surface area contributed by atoms with Crippen LogP contribution < -0.4 is 14.8 Å². The number of ether oxygens (including phenoxy) is 3. The highest BCUT2D eigenvalue weighted by atomic mass is 16.5. The van der Waals surface area contributed by atoms with Crippen LogP contribution >= 0.6 is 0 Å². The first-order chi connectivity index (χ1) is 9.58. The summed E-state index contributed by atoms with van der Waals surface area (Å²) in [6.45, 7) is 5.75. The fourth-order valence-electron chi connectivity index (χ4n) is 1.63. The highest BCUT2D eigenvalue weighted by molar-refractivity contribution is 5.43.